The molecule has 0 aliphatic heterocycles. The Bertz CT molecular complexity index is 914. The van der Waals surface area contributed by atoms with Gasteiger partial charge in [0.2, 0.25) is 11.8 Å². The number of benzene rings is 3. The summed E-state index contributed by atoms with van der Waals surface area (Å²) in [5.41, 5.74) is 1.73. The molecule has 4 nitrogen and oxygen atoms in total. The van der Waals surface area contributed by atoms with Gasteiger partial charge in [-0.15, -0.1) is 0 Å². The van der Waals surface area contributed by atoms with Crippen LogP contribution in [-0.2, 0) is 16.0 Å². The number of carbonyl (C=O) groups excluding carboxylic acids is 2. The summed E-state index contributed by atoms with van der Waals surface area (Å²) in [4.78, 5) is 26.3. The van der Waals surface area contributed by atoms with Gasteiger partial charge in [0, 0.05) is 22.8 Å². The van der Waals surface area contributed by atoms with Crippen LogP contribution in [0.15, 0.2) is 94.7 Å². The van der Waals surface area contributed by atoms with E-state index in [9.17, 15) is 9.59 Å². The fourth-order valence-electron chi connectivity index (χ4n) is 2.65. The molecule has 0 bridgehead atoms. The summed E-state index contributed by atoms with van der Waals surface area (Å²) in [5.74, 6) is -0.208. The van der Waals surface area contributed by atoms with Crippen LogP contribution in [0.1, 0.15) is 12.0 Å². The van der Waals surface area contributed by atoms with Gasteiger partial charge in [-0.2, -0.15) is 0 Å². The van der Waals surface area contributed by atoms with Gasteiger partial charge in [0.25, 0.3) is 0 Å². The van der Waals surface area contributed by atoms with Crippen molar-refractivity contribution in [1.29, 1.82) is 0 Å². The van der Waals surface area contributed by atoms with Crippen molar-refractivity contribution in [2.45, 2.75) is 22.6 Å². The Balaban J connectivity index is 1.48. The van der Waals surface area contributed by atoms with Crippen LogP contribution in [0.4, 0.5) is 5.69 Å². The lowest BCUT2D eigenvalue weighted by atomic mass is 10.1. The maximum absolute atomic E-state index is 12.3. The van der Waals surface area contributed by atoms with Crippen LogP contribution >= 0.6 is 11.8 Å². The highest BCUT2D eigenvalue weighted by atomic mass is 32.2. The number of amides is 2. The average molecular weight is 391 g/mol. The van der Waals surface area contributed by atoms with E-state index in [1.807, 2.05) is 84.9 Å². The molecule has 3 rings (SSSR count). The maximum Gasteiger partial charge on any atom is 0.226 e. The third kappa shape index (κ3) is 6.28. The zero-order valence-corrected chi connectivity index (χ0v) is 16.2. The molecule has 142 valence electrons. The van der Waals surface area contributed by atoms with Crippen LogP contribution < -0.4 is 10.6 Å². The fraction of sp³-hybridized carbons (Fsp3) is 0.130. The molecule has 0 saturated carbocycles. The van der Waals surface area contributed by atoms with Gasteiger partial charge >= 0.3 is 0 Å². The highest BCUT2D eigenvalue weighted by Gasteiger charge is 2.09. The normalized spacial score (nSPS) is 10.3. The van der Waals surface area contributed by atoms with Crippen LogP contribution in [0.5, 0.6) is 0 Å². The molecule has 28 heavy (non-hydrogen) atoms. The van der Waals surface area contributed by atoms with E-state index in [0.29, 0.717) is 13.0 Å². The predicted octanol–water partition coefficient (Wildman–Crippen LogP) is 4.53. The van der Waals surface area contributed by atoms with Crippen molar-refractivity contribution in [1.82, 2.24) is 5.32 Å². The lowest BCUT2D eigenvalue weighted by Gasteiger charge is -2.11. The van der Waals surface area contributed by atoms with E-state index in [4.69, 9.17) is 0 Å². The number of nitrogens with one attached hydrogen (secondary N) is 2. The van der Waals surface area contributed by atoms with E-state index in [1.54, 1.807) is 11.8 Å². The lowest BCUT2D eigenvalue weighted by Crippen LogP contribution is -2.28. The number of hydrogen-bond acceptors (Lipinski definition) is 3. The number of anilines is 1. The summed E-state index contributed by atoms with van der Waals surface area (Å²) in [5, 5.41) is 5.74. The van der Waals surface area contributed by atoms with Gasteiger partial charge in [-0.05, 0) is 29.8 Å². The number of carbonyl (C=O) groups is 2. The first-order valence-corrected chi connectivity index (χ1v) is 9.95. The molecule has 0 radical (unpaired) electrons. The van der Waals surface area contributed by atoms with E-state index in [0.717, 1.165) is 21.0 Å². The van der Waals surface area contributed by atoms with Gasteiger partial charge in [-0.25, -0.2) is 0 Å². The summed E-state index contributed by atoms with van der Waals surface area (Å²) in [6.45, 7) is 0.311. The lowest BCUT2D eigenvalue weighted by molar-refractivity contribution is -0.120. The Morgan fingerprint density at radius 1 is 0.750 bits per heavy atom. The Morgan fingerprint density at radius 3 is 2.14 bits per heavy atom. The molecule has 0 unspecified atom stereocenters. The molecule has 0 saturated heterocycles. The van der Waals surface area contributed by atoms with Gasteiger partial charge in [0.05, 0.1) is 12.1 Å². The largest absolute Gasteiger partial charge is 0.355 e. The highest BCUT2D eigenvalue weighted by molar-refractivity contribution is 7.99. The second kappa shape index (κ2) is 10.3. The molecular weight excluding hydrogens is 368 g/mol. The highest BCUT2D eigenvalue weighted by Crippen LogP contribution is 2.33. The van der Waals surface area contributed by atoms with Crippen LogP contribution in [0.25, 0.3) is 0 Å². The molecule has 2 amide bonds. The third-order valence-electron chi connectivity index (χ3n) is 4.01. The smallest absolute Gasteiger partial charge is 0.226 e. The number of hydrogen-bond donors (Lipinski definition) is 2. The first kappa shape index (κ1) is 19.7. The summed E-state index contributed by atoms with van der Waals surface area (Å²) in [6.07, 6.45) is 0.546. The first-order chi connectivity index (χ1) is 13.7. The van der Waals surface area contributed by atoms with Gasteiger partial charge in [0.15, 0.2) is 0 Å². The molecule has 0 aliphatic rings. The molecule has 3 aromatic rings. The van der Waals surface area contributed by atoms with Gasteiger partial charge < -0.3 is 10.6 Å². The maximum atomic E-state index is 12.3. The average Bonchev–Trinajstić information content (AvgIpc) is 2.71. The summed E-state index contributed by atoms with van der Waals surface area (Å²) in [6, 6.07) is 27.3. The molecule has 0 atom stereocenters. The second-order valence-corrected chi connectivity index (χ2v) is 7.34. The molecular formula is C23H22N2O2S. The Morgan fingerprint density at radius 2 is 1.39 bits per heavy atom. The molecule has 2 N–H and O–H groups in total. The second-order valence-electron chi connectivity index (χ2n) is 6.22. The van der Waals surface area contributed by atoms with Crippen molar-refractivity contribution in [3.8, 4) is 0 Å². The van der Waals surface area contributed by atoms with Gasteiger partial charge in [0.1, 0.15) is 0 Å². The van der Waals surface area contributed by atoms with Crippen molar-refractivity contribution >= 4 is 29.3 Å². The van der Waals surface area contributed by atoms with Crippen LogP contribution in [0, 0.1) is 0 Å². The summed E-state index contributed by atoms with van der Waals surface area (Å²) in [7, 11) is 0. The van der Waals surface area contributed by atoms with E-state index in [1.165, 1.54) is 0 Å². The number of para-hydroxylation sites is 1. The molecule has 0 fully saturated rings. The minimum absolute atomic E-state index is 0.0842. The van der Waals surface area contributed by atoms with Crippen LogP contribution in [-0.4, -0.2) is 18.4 Å². The van der Waals surface area contributed by atoms with Crippen molar-refractivity contribution in [3.63, 3.8) is 0 Å². The first-order valence-electron chi connectivity index (χ1n) is 9.13. The molecule has 0 aliphatic carbocycles. The monoisotopic (exact) mass is 390 g/mol. The van der Waals surface area contributed by atoms with Crippen molar-refractivity contribution in [3.05, 3.63) is 90.5 Å². The third-order valence-corrected chi connectivity index (χ3v) is 5.10. The Labute approximate surface area is 169 Å². The van der Waals surface area contributed by atoms with Crippen molar-refractivity contribution < 1.29 is 9.59 Å². The van der Waals surface area contributed by atoms with E-state index in [2.05, 4.69) is 10.6 Å². The minimum Gasteiger partial charge on any atom is -0.355 e. The van der Waals surface area contributed by atoms with E-state index >= 15 is 0 Å². The molecule has 3 aromatic carbocycles. The van der Waals surface area contributed by atoms with Gasteiger partial charge in [-0.3, -0.25) is 9.59 Å². The van der Waals surface area contributed by atoms with Crippen LogP contribution in [0.2, 0.25) is 0 Å². The SMILES string of the molecule is O=C(Cc1ccccc1)NCCC(=O)Nc1ccccc1Sc1ccccc1. The summed E-state index contributed by atoms with van der Waals surface area (Å²) < 4.78 is 0. The minimum atomic E-state index is -0.124. The van der Waals surface area contributed by atoms with Crippen molar-refractivity contribution in [2.24, 2.45) is 0 Å². The molecule has 0 spiro atoms. The summed E-state index contributed by atoms with van der Waals surface area (Å²) >= 11 is 1.60. The van der Waals surface area contributed by atoms with E-state index < -0.39 is 0 Å². The van der Waals surface area contributed by atoms with E-state index in [-0.39, 0.29) is 18.2 Å². The molecule has 5 heteroatoms. The Kier molecular flexibility index (Phi) is 7.27. The zero-order chi connectivity index (χ0) is 19.6. The Hall–Kier alpha value is -3.05. The number of rotatable bonds is 8. The topological polar surface area (TPSA) is 58.2 Å². The van der Waals surface area contributed by atoms with Gasteiger partial charge in [-0.1, -0.05) is 72.4 Å². The van der Waals surface area contributed by atoms with Crippen LogP contribution in [0.3, 0.4) is 0 Å². The zero-order valence-electron chi connectivity index (χ0n) is 15.4. The quantitative estimate of drug-likeness (QED) is 0.594. The van der Waals surface area contributed by atoms with Crippen molar-refractivity contribution in [2.75, 3.05) is 11.9 Å². The molecule has 0 aromatic heterocycles. The standard InChI is InChI=1S/C23H22N2O2S/c26-22(15-16-24-23(27)17-18-9-3-1-4-10-18)25-20-13-7-8-14-21(20)28-19-11-5-2-6-12-19/h1-14H,15-17H2,(H,24,27)(H,25,26). The predicted molar refractivity (Wildman–Crippen MR) is 113 cm³/mol. The molecule has 0 heterocycles. The fourth-order valence-corrected chi connectivity index (χ4v) is 3.57.